The summed E-state index contributed by atoms with van der Waals surface area (Å²) < 4.78 is 68.6. The summed E-state index contributed by atoms with van der Waals surface area (Å²) >= 11 is 0. The first-order chi connectivity index (χ1) is 47.7. The molecule has 0 amide bonds. The number of ether oxygens (including phenoxy) is 4. The highest BCUT2D eigenvalue weighted by Crippen LogP contribution is 2.45. The first kappa shape index (κ1) is 97.1. The average molecular weight is 1450 g/mol. The van der Waals surface area contributed by atoms with Crippen molar-refractivity contribution in [2.45, 2.75) is 427 Å². The Labute approximate surface area is 607 Å². The molecule has 0 rings (SSSR count). The third kappa shape index (κ3) is 70.2. The number of phosphoric acid groups is 2. The maximum atomic E-state index is 13.1. The molecule has 17 nitrogen and oxygen atoms in total. The van der Waals surface area contributed by atoms with Crippen molar-refractivity contribution in [2.24, 2.45) is 23.7 Å². The zero-order valence-corrected chi connectivity index (χ0v) is 66.9. The van der Waals surface area contributed by atoms with Crippen LogP contribution in [0.25, 0.3) is 0 Å². The van der Waals surface area contributed by atoms with Crippen molar-refractivity contribution in [3.63, 3.8) is 0 Å². The molecule has 0 saturated carbocycles. The summed E-state index contributed by atoms with van der Waals surface area (Å²) in [6.45, 7) is 14.2. The third-order valence-electron chi connectivity index (χ3n) is 19.7. The summed E-state index contributed by atoms with van der Waals surface area (Å²) in [5, 5.41) is 10.6. The molecule has 3 N–H and O–H groups in total. The number of phosphoric ester groups is 2. The second-order valence-electron chi connectivity index (χ2n) is 30.0. The second kappa shape index (κ2) is 69.1. The SMILES string of the molecule is CCC(C)CCCCCCCCCCCCCCCCC(=O)O[C@H](COC(=O)CCCCCCCCC(C)CC)COP(=O)(O)OC[C@H](O)COP(=O)(O)OC[C@@H](COC(=O)CCCCCCCCCCCCCCCCCCCCC(C)C)OC(=O)CCCCCCCCC(C)CC. The van der Waals surface area contributed by atoms with E-state index in [0.29, 0.717) is 25.7 Å². The van der Waals surface area contributed by atoms with Gasteiger partial charge in [0, 0.05) is 25.7 Å². The van der Waals surface area contributed by atoms with E-state index in [1.807, 2.05) is 0 Å². The van der Waals surface area contributed by atoms with Gasteiger partial charge in [-0.05, 0) is 49.4 Å². The van der Waals surface area contributed by atoms with Gasteiger partial charge in [-0.1, -0.05) is 357 Å². The Hall–Kier alpha value is -1.94. The van der Waals surface area contributed by atoms with E-state index in [-0.39, 0.29) is 25.7 Å². The molecule has 0 spiro atoms. The Bertz CT molecular complexity index is 1940. The van der Waals surface area contributed by atoms with Gasteiger partial charge < -0.3 is 33.8 Å². The predicted octanol–water partition coefficient (Wildman–Crippen LogP) is 23.6. The van der Waals surface area contributed by atoms with Gasteiger partial charge in [0.15, 0.2) is 12.2 Å². The van der Waals surface area contributed by atoms with Gasteiger partial charge >= 0.3 is 39.5 Å². The van der Waals surface area contributed by atoms with Gasteiger partial charge in [-0.3, -0.25) is 37.3 Å². The van der Waals surface area contributed by atoms with Gasteiger partial charge in [0.2, 0.25) is 0 Å². The zero-order chi connectivity index (χ0) is 73.1. The molecule has 0 bridgehead atoms. The number of rotatable bonds is 77. The fourth-order valence-corrected chi connectivity index (χ4v) is 13.7. The highest BCUT2D eigenvalue weighted by molar-refractivity contribution is 7.47. The topological polar surface area (TPSA) is 237 Å². The van der Waals surface area contributed by atoms with Crippen molar-refractivity contribution in [1.82, 2.24) is 0 Å². The zero-order valence-electron chi connectivity index (χ0n) is 65.1. The van der Waals surface area contributed by atoms with E-state index in [9.17, 15) is 43.2 Å². The van der Waals surface area contributed by atoms with Gasteiger partial charge in [0.05, 0.1) is 26.4 Å². The molecular weight excluding hydrogens is 1290 g/mol. The molecule has 588 valence electrons. The van der Waals surface area contributed by atoms with Crippen molar-refractivity contribution in [1.29, 1.82) is 0 Å². The van der Waals surface area contributed by atoms with Gasteiger partial charge in [0.1, 0.15) is 19.3 Å². The lowest BCUT2D eigenvalue weighted by molar-refractivity contribution is -0.161. The minimum absolute atomic E-state index is 0.103. The molecule has 5 unspecified atom stereocenters. The number of carbonyl (C=O) groups is 4. The molecule has 99 heavy (non-hydrogen) atoms. The molecular formula is C80H156O17P2. The van der Waals surface area contributed by atoms with Crippen LogP contribution >= 0.6 is 15.6 Å². The van der Waals surface area contributed by atoms with Crippen LogP contribution in [-0.4, -0.2) is 96.7 Å². The van der Waals surface area contributed by atoms with E-state index in [0.717, 1.165) is 120 Å². The van der Waals surface area contributed by atoms with Crippen molar-refractivity contribution < 1.29 is 80.2 Å². The Morgan fingerprint density at radius 1 is 0.283 bits per heavy atom. The number of aliphatic hydroxyl groups is 1. The van der Waals surface area contributed by atoms with Gasteiger partial charge in [-0.25, -0.2) is 9.13 Å². The van der Waals surface area contributed by atoms with E-state index in [4.69, 9.17) is 37.0 Å². The molecule has 0 aliphatic carbocycles. The van der Waals surface area contributed by atoms with Crippen molar-refractivity contribution in [3.05, 3.63) is 0 Å². The lowest BCUT2D eigenvalue weighted by Crippen LogP contribution is -2.30. The quantitative estimate of drug-likeness (QED) is 0.0222. The molecule has 0 aliphatic rings. The fraction of sp³-hybridized carbons (Fsp3) is 0.950. The van der Waals surface area contributed by atoms with Crippen molar-refractivity contribution >= 4 is 39.5 Å². The van der Waals surface area contributed by atoms with E-state index >= 15 is 0 Å². The maximum Gasteiger partial charge on any atom is 0.472 e. The molecule has 8 atom stereocenters. The molecule has 0 aromatic rings. The number of aliphatic hydroxyl groups excluding tert-OH is 1. The number of carbonyl (C=O) groups excluding carboxylic acids is 4. The molecule has 19 heteroatoms. The van der Waals surface area contributed by atoms with Crippen LogP contribution in [-0.2, 0) is 65.4 Å². The fourth-order valence-electron chi connectivity index (χ4n) is 12.2. The van der Waals surface area contributed by atoms with Gasteiger partial charge in [0.25, 0.3) is 0 Å². The Morgan fingerprint density at radius 3 is 0.717 bits per heavy atom. The molecule has 0 aromatic heterocycles. The first-order valence-electron chi connectivity index (χ1n) is 41.3. The monoisotopic (exact) mass is 1450 g/mol. The van der Waals surface area contributed by atoms with Crippen LogP contribution in [0.15, 0.2) is 0 Å². The first-order valence-corrected chi connectivity index (χ1v) is 44.3. The molecule has 0 heterocycles. The summed E-state index contributed by atoms with van der Waals surface area (Å²) in [6.07, 6.45) is 55.7. The number of esters is 4. The highest BCUT2D eigenvalue weighted by Gasteiger charge is 2.30. The smallest absolute Gasteiger partial charge is 0.462 e. The van der Waals surface area contributed by atoms with Crippen LogP contribution in [0.2, 0.25) is 0 Å². The van der Waals surface area contributed by atoms with Gasteiger partial charge in [-0.2, -0.15) is 0 Å². The number of unbranched alkanes of at least 4 members (excludes halogenated alkanes) is 40. The predicted molar refractivity (Wildman–Crippen MR) is 404 cm³/mol. The summed E-state index contributed by atoms with van der Waals surface area (Å²) in [6, 6.07) is 0. The molecule has 0 aliphatic heterocycles. The van der Waals surface area contributed by atoms with E-state index < -0.39 is 97.5 Å². The van der Waals surface area contributed by atoms with E-state index in [1.165, 1.54) is 205 Å². The second-order valence-corrected chi connectivity index (χ2v) is 32.9. The highest BCUT2D eigenvalue weighted by atomic mass is 31.2. The molecule has 0 radical (unpaired) electrons. The summed E-state index contributed by atoms with van der Waals surface area (Å²) in [5.74, 6) is 0.999. The molecule has 0 aromatic carbocycles. The van der Waals surface area contributed by atoms with Crippen LogP contribution in [0.5, 0.6) is 0 Å². The minimum Gasteiger partial charge on any atom is -0.462 e. The van der Waals surface area contributed by atoms with Crippen LogP contribution in [0, 0.1) is 23.7 Å². The van der Waals surface area contributed by atoms with Crippen molar-refractivity contribution in [2.75, 3.05) is 39.6 Å². The van der Waals surface area contributed by atoms with Crippen LogP contribution < -0.4 is 0 Å². The maximum absolute atomic E-state index is 13.1. The normalized spacial score (nSPS) is 14.9. The summed E-state index contributed by atoms with van der Waals surface area (Å²) in [4.78, 5) is 72.9. The van der Waals surface area contributed by atoms with Crippen LogP contribution in [0.3, 0.4) is 0 Å². The van der Waals surface area contributed by atoms with E-state index in [2.05, 4.69) is 55.4 Å². The minimum atomic E-state index is -4.96. The largest absolute Gasteiger partial charge is 0.472 e. The van der Waals surface area contributed by atoms with Crippen LogP contribution in [0.1, 0.15) is 409 Å². The average Bonchev–Trinajstić information content (AvgIpc) is 1.20. The lowest BCUT2D eigenvalue weighted by atomic mass is 9.99. The third-order valence-corrected chi connectivity index (χ3v) is 21.6. The summed E-state index contributed by atoms with van der Waals surface area (Å²) in [7, 11) is -9.92. The Balaban J connectivity index is 5.15. The van der Waals surface area contributed by atoms with Crippen LogP contribution in [0.4, 0.5) is 0 Å². The number of hydrogen-bond acceptors (Lipinski definition) is 15. The standard InChI is InChI=1S/C80H156O17P2/c1-9-71(6)57-49-41-33-29-25-21-18-19-23-27-31-35-46-54-62-79(84)96-75(67-91-78(83)61-53-45-38-36-42-50-58-72(7)10-2)68-94-98(86,87)92-64-74(81)65-93-99(88,89)95-69-76(97-80(85)63-55-47-39-37-43-51-59-73(8)11-3)66-90-77(82)60-52-44-34-30-26-22-17-15-13-12-14-16-20-24-28-32-40-48-56-70(4)5/h70-76,81H,9-69H2,1-8H3,(H,86,87)(H,88,89)/t71?,72?,73?,74-,75+,76+/m0/s1. The van der Waals surface area contributed by atoms with Gasteiger partial charge in [-0.15, -0.1) is 0 Å². The molecule has 0 fully saturated rings. The summed E-state index contributed by atoms with van der Waals surface area (Å²) in [5.41, 5.74) is 0. The Morgan fingerprint density at radius 2 is 0.485 bits per heavy atom. The number of hydrogen-bond donors (Lipinski definition) is 3. The van der Waals surface area contributed by atoms with Crippen molar-refractivity contribution in [3.8, 4) is 0 Å². The molecule has 0 saturated heterocycles. The Kier molecular flexibility index (Phi) is 67.8. The van der Waals surface area contributed by atoms with E-state index in [1.54, 1.807) is 0 Å². The lowest BCUT2D eigenvalue weighted by Gasteiger charge is -2.21.